The van der Waals surface area contributed by atoms with E-state index in [1.54, 1.807) is 0 Å². The van der Waals surface area contributed by atoms with E-state index < -0.39 is 5.54 Å². The summed E-state index contributed by atoms with van der Waals surface area (Å²) >= 11 is 0. The summed E-state index contributed by atoms with van der Waals surface area (Å²) in [5.74, 6) is 0. The molecule has 114 valence electrons. The smallest absolute Gasteiger partial charge is 0.0797 e. The lowest BCUT2D eigenvalue weighted by Crippen LogP contribution is -2.53. The molecule has 0 radical (unpaired) electrons. The Morgan fingerprint density at radius 1 is 1.10 bits per heavy atom. The van der Waals surface area contributed by atoms with E-state index in [1.165, 1.54) is 0 Å². The van der Waals surface area contributed by atoms with Gasteiger partial charge in [-0.15, -0.1) is 0 Å². The number of nitrogens with one attached hydrogen (secondary N) is 1. The fraction of sp³-hybridized carbons (Fsp3) is 0.625. The van der Waals surface area contributed by atoms with Crippen LogP contribution in [0.1, 0.15) is 12.5 Å². The zero-order chi connectivity index (χ0) is 15.0. The molecule has 0 aliphatic rings. The highest BCUT2D eigenvalue weighted by atomic mass is 16.3. The van der Waals surface area contributed by atoms with Gasteiger partial charge in [0.1, 0.15) is 0 Å². The number of hydrogen-bond donors (Lipinski definition) is 2. The Morgan fingerprint density at radius 2 is 1.75 bits per heavy atom. The first-order valence-corrected chi connectivity index (χ1v) is 7.29. The third-order valence-electron chi connectivity index (χ3n) is 3.58. The molecule has 0 bridgehead atoms. The van der Waals surface area contributed by atoms with Gasteiger partial charge in [-0.2, -0.15) is 0 Å². The molecule has 0 aliphatic carbocycles. The Labute approximate surface area is 123 Å². The lowest BCUT2D eigenvalue weighted by Gasteiger charge is -2.37. The topological polar surface area (TPSA) is 38.7 Å². The summed E-state index contributed by atoms with van der Waals surface area (Å²) in [6, 6.07) is 10.2. The van der Waals surface area contributed by atoms with E-state index in [4.69, 9.17) is 0 Å². The molecule has 0 spiro atoms. The fourth-order valence-electron chi connectivity index (χ4n) is 2.45. The quantitative estimate of drug-likeness (QED) is 0.707. The molecule has 0 heterocycles. The van der Waals surface area contributed by atoms with Crippen LogP contribution in [0.5, 0.6) is 0 Å². The van der Waals surface area contributed by atoms with E-state index in [9.17, 15) is 5.11 Å². The molecule has 2 N–H and O–H groups in total. The van der Waals surface area contributed by atoms with Crippen LogP contribution in [-0.4, -0.2) is 68.8 Å². The average molecular weight is 279 g/mol. The Kier molecular flexibility index (Phi) is 7.16. The maximum Gasteiger partial charge on any atom is 0.0797 e. The fourth-order valence-corrected chi connectivity index (χ4v) is 2.45. The van der Waals surface area contributed by atoms with Gasteiger partial charge in [-0.3, -0.25) is 0 Å². The summed E-state index contributed by atoms with van der Waals surface area (Å²) < 4.78 is 0. The lowest BCUT2D eigenvalue weighted by molar-refractivity contribution is 0.116. The van der Waals surface area contributed by atoms with Crippen molar-refractivity contribution in [1.82, 2.24) is 15.1 Å². The second kappa shape index (κ2) is 8.37. The number of hydrogen-bond acceptors (Lipinski definition) is 4. The second-order valence-corrected chi connectivity index (χ2v) is 5.68. The van der Waals surface area contributed by atoms with Gasteiger partial charge >= 0.3 is 0 Å². The van der Waals surface area contributed by atoms with Gasteiger partial charge in [-0.1, -0.05) is 37.3 Å². The largest absolute Gasteiger partial charge is 0.394 e. The van der Waals surface area contributed by atoms with Gasteiger partial charge in [0.25, 0.3) is 0 Å². The second-order valence-electron chi connectivity index (χ2n) is 5.68. The van der Waals surface area contributed by atoms with Gasteiger partial charge in [0.2, 0.25) is 0 Å². The molecule has 0 aromatic heterocycles. The summed E-state index contributed by atoms with van der Waals surface area (Å²) in [5, 5.41) is 13.5. The van der Waals surface area contributed by atoms with Crippen molar-refractivity contribution in [2.45, 2.75) is 12.5 Å². The van der Waals surface area contributed by atoms with Crippen molar-refractivity contribution in [1.29, 1.82) is 0 Å². The number of aliphatic hydroxyl groups excluding tert-OH is 1. The van der Waals surface area contributed by atoms with Crippen molar-refractivity contribution >= 4 is 0 Å². The average Bonchev–Trinajstić information content (AvgIpc) is 2.45. The standard InChI is InChI=1S/C16H29N3O/c1-5-17-16(14-20,15-9-7-6-8-10-15)13-19(4)12-11-18(2)3/h6-10,17,20H,5,11-14H2,1-4H3. The van der Waals surface area contributed by atoms with Gasteiger partial charge in [0.05, 0.1) is 12.1 Å². The number of rotatable bonds is 9. The highest BCUT2D eigenvalue weighted by Gasteiger charge is 2.31. The summed E-state index contributed by atoms with van der Waals surface area (Å²) in [5.41, 5.74) is 0.748. The van der Waals surface area contributed by atoms with E-state index in [1.807, 2.05) is 18.2 Å². The molecule has 1 rings (SSSR count). The molecule has 4 heteroatoms. The van der Waals surface area contributed by atoms with Gasteiger partial charge < -0.3 is 20.2 Å². The maximum atomic E-state index is 9.99. The monoisotopic (exact) mass is 279 g/mol. The molecule has 0 saturated heterocycles. The van der Waals surface area contributed by atoms with Crippen LogP contribution in [0.3, 0.4) is 0 Å². The van der Waals surface area contributed by atoms with E-state index in [0.29, 0.717) is 0 Å². The van der Waals surface area contributed by atoms with Crippen LogP contribution in [0.25, 0.3) is 0 Å². The van der Waals surface area contributed by atoms with E-state index >= 15 is 0 Å². The number of benzene rings is 1. The molecular formula is C16H29N3O. The van der Waals surface area contributed by atoms with Crippen LogP contribution in [0, 0.1) is 0 Å². The zero-order valence-corrected chi connectivity index (χ0v) is 13.3. The highest BCUT2D eigenvalue weighted by Crippen LogP contribution is 2.21. The normalized spacial score (nSPS) is 14.8. The Balaban J connectivity index is 2.83. The molecule has 0 aliphatic heterocycles. The van der Waals surface area contributed by atoms with Crippen molar-refractivity contribution < 1.29 is 5.11 Å². The molecule has 1 atom stereocenters. The number of likely N-dealkylation sites (N-methyl/N-ethyl adjacent to an activating group) is 3. The zero-order valence-electron chi connectivity index (χ0n) is 13.3. The third-order valence-corrected chi connectivity index (χ3v) is 3.58. The number of nitrogens with zero attached hydrogens (tertiary/aromatic N) is 2. The summed E-state index contributed by atoms with van der Waals surface area (Å²) in [4.78, 5) is 4.44. The third kappa shape index (κ3) is 4.87. The van der Waals surface area contributed by atoms with Crippen LogP contribution in [-0.2, 0) is 5.54 Å². The van der Waals surface area contributed by atoms with Crippen molar-refractivity contribution in [3.63, 3.8) is 0 Å². The van der Waals surface area contributed by atoms with Gasteiger partial charge in [0.15, 0.2) is 0 Å². The van der Waals surface area contributed by atoms with E-state index in [2.05, 4.69) is 55.3 Å². The van der Waals surface area contributed by atoms with Crippen LogP contribution in [0.15, 0.2) is 30.3 Å². The first-order valence-electron chi connectivity index (χ1n) is 7.29. The van der Waals surface area contributed by atoms with Crippen LogP contribution < -0.4 is 5.32 Å². The Morgan fingerprint density at radius 3 is 2.25 bits per heavy atom. The molecule has 0 fully saturated rings. The Hall–Kier alpha value is -0.940. The lowest BCUT2D eigenvalue weighted by atomic mass is 9.90. The predicted octanol–water partition coefficient (Wildman–Crippen LogP) is 0.977. The van der Waals surface area contributed by atoms with Gasteiger partial charge in [-0.05, 0) is 33.3 Å². The molecule has 0 saturated carbocycles. The molecular weight excluding hydrogens is 250 g/mol. The first-order chi connectivity index (χ1) is 9.54. The first kappa shape index (κ1) is 17.1. The number of aliphatic hydroxyl groups is 1. The molecule has 1 aromatic carbocycles. The van der Waals surface area contributed by atoms with E-state index in [-0.39, 0.29) is 6.61 Å². The van der Waals surface area contributed by atoms with Crippen LogP contribution in [0.4, 0.5) is 0 Å². The SMILES string of the molecule is CCNC(CO)(CN(C)CCN(C)C)c1ccccc1. The molecule has 0 amide bonds. The molecule has 20 heavy (non-hydrogen) atoms. The minimum absolute atomic E-state index is 0.0944. The highest BCUT2D eigenvalue weighted by molar-refractivity contribution is 5.25. The summed E-state index contributed by atoms with van der Waals surface area (Å²) in [6.45, 7) is 5.78. The van der Waals surface area contributed by atoms with Crippen LogP contribution in [0.2, 0.25) is 0 Å². The predicted molar refractivity (Wildman–Crippen MR) is 84.9 cm³/mol. The van der Waals surface area contributed by atoms with Crippen LogP contribution >= 0.6 is 0 Å². The minimum Gasteiger partial charge on any atom is -0.394 e. The summed E-state index contributed by atoms with van der Waals surface area (Å²) in [7, 11) is 6.26. The van der Waals surface area contributed by atoms with Gasteiger partial charge in [0, 0.05) is 19.6 Å². The van der Waals surface area contributed by atoms with Crippen molar-refractivity contribution in [3.8, 4) is 0 Å². The van der Waals surface area contributed by atoms with Crippen molar-refractivity contribution in [3.05, 3.63) is 35.9 Å². The minimum atomic E-state index is -0.392. The summed E-state index contributed by atoms with van der Waals surface area (Å²) in [6.07, 6.45) is 0. The van der Waals surface area contributed by atoms with E-state index in [0.717, 1.165) is 31.7 Å². The Bertz CT molecular complexity index is 369. The maximum absolute atomic E-state index is 9.99. The molecule has 4 nitrogen and oxygen atoms in total. The molecule has 1 aromatic rings. The van der Waals surface area contributed by atoms with Crippen molar-refractivity contribution in [2.24, 2.45) is 0 Å². The van der Waals surface area contributed by atoms with Gasteiger partial charge in [-0.25, -0.2) is 0 Å². The van der Waals surface area contributed by atoms with Crippen molar-refractivity contribution in [2.75, 3.05) is 53.9 Å². The molecule has 1 unspecified atom stereocenters.